The van der Waals surface area contributed by atoms with Crippen LogP contribution in [0.2, 0.25) is 0 Å². The van der Waals surface area contributed by atoms with E-state index in [2.05, 4.69) is 5.32 Å². The van der Waals surface area contributed by atoms with Crippen molar-refractivity contribution >= 4 is 11.5 Å². The van der Waals surface area contributed by atoms with E-state index in [4.69, 9.17) is 4.74 Å². The van der Waals surface area contributed by atoms with Crippen LogP contribution in [0.25, 0.3) is 0 Å². The molecule has 19 heavy (non-hydrogen) atoms. The largest absolute Gasteiger partial charge is 0.484 e. The van der Waals surface area contributed by atoms with Crippen LogP contribution in [-0.4, -0.2) is 43.5 Å². The summed E-state index contributed by atoms with van der Waals surface area (Å²) in [7, 11) is 3.94. The summed E-state index contributed by atoms with van der Waals surface area (Å²) >= 11 is 0. The molecule has 0 radical (unpaired) electrons. The first-order chi connectivity index (χ1) is 8.87. The van der Waals surface area contributed by atoms with Crippen molar-refractivity contribution in [3.05, 3.63) is 23.8 Å². The molecule has 1 aliphatic rings. The standard InChI is InChI=1S/C15H22N2O2/c1-15(2)10-16-12-9-11(5-6-14(12)19-15)13(18)7-8-17(3)4/h5-6,9,16H,7-8,10H2,1-4H3. The number of nitrogens with one attached hydrogen (secondary N) is 1. The van der Waals surface area contributed by atoms with E-state index in [0.29, 0.717) is 6.42 Å². The van der Waals surface area contributed by atoms with Crippen LogP contribution in [0.1, 0.15) is 30.6 Å². The summed E-state index contributed by atoms with van der Waals surface area (Å²) in [5.74, 6) is 0.989. The maximum atomic E-state index is 12.1. The van der Waals surface area contributed by atoms with Crippen molar-refractivity contribution in [2.45, 2.75) is 25.9 Å². The highest BCUT2D eigenvalue weighted by Gasteiger charge is 2.26. The Morgan fingerprint density at radius 1 is 1.42 bits per heavy atom. The van der Waals surface area contributed by atoms with Gasteiger partial charge in [0.05, 0.1) is 12.2 Å². The van der Waals surface area contributed by atoms with Gasteiger partial charge < -0.3 is 15.0 Å². The van der Waals surface area contributed by atoms with Crippen molar-refractivity contribution in [3.63, 3.8) is 0 Å². The first kappa shape index (κ1) is 13.9. The third-order valence-corrected chi connectivity index (χ3v) is 3.18. The lowest BCUT2D eigenvalue weighted by Gasteiger charge is -2.33. The van der Waals surface area contributed by atoms with Crippen LogP contribution >= 0.6 is 0 Å². The van der Waals surface area contributed by atoms with Gasteiger partial charge in [-0.25, -0.2) is 0 Å². The molecule has 0 unspecified atom stereocenters. The van der Waals surface area contributed by atoms with Crippen molar-refractivity contribution < 1.29 is 9.53 Å². The fourth-order valence-electron chi connectivity index (χ4n) is 2.04. The van der Waals surface area contributed by atoms with E-state index >= 15 is 0 Å². The van der Waals surface area contributed by atoms with Crippen molar-refractivity contribution in [2.24, 2.45) is 0 Å². The first-order valence-corrected chi connectivity index (χ1v) is 6.62. The van der Waals surface area contributed by atoms with Gasteiger partial charge in [-0.3, -0.25) is 4.79 Å². The predicted molar refractivity (Wildman–Crippen MR) is 77.1 cm³/mol. The van der Waals surface area contributed by atoms with Gasteiger partial charge in [-0.15, -0.1) is 0 Å². The molecule has 1 heterocycles. The van der Waals surface area contributed by atoms with Crippen LogP contribution in [0.3, 0.4) is 0 Å². The Balaban J connectivity index is 2.12. The highest BCUT2D eigenvalue weighted by Crippen LogP contribution is 2.33. The number of carbonyl (C=O) groups excluding carboxylic acids is 1. The van der Waals surface area contributed by atoms with Crippen LogP contribution in [0.4, 0.5) is 5.69 Å². The summed E-state index contributed by atoms with van der Waals surface area (Å²) in [6.45, 7) is 5.60. The lowest BCUT2D eigenvalue weighted by molar-refractivity contribution is 0.0972. The molecule has 0 aliphatic carbocycles. The number of ketones is 1. The van der Waals surface area contributed by atoms with Gasteiger partial charge in [0.2, 0.25) is 0 Å². The number of rotatable bonds is 4. The molecule has 1 aliphatic heterocycles. The van der Waals surface area contributed by atoms with Gasteiger partial charge in [0, 0.05) is 18.5 Å². The van der Waals surface area contributed by atoms with E-state index in [1.165, 1.54) is 0 Å². The lowest BCUT2D eigenvalue weighted by atomic mass is 10.0. The fraction of sp³-hybridized carbons (Fsp3) is 0.533. The Bertz CT molecular complexity index is 481. The number of fused-ring (bicyclic) bond motifs is 1. The van der Waals surface area contributed by atoms with E-state index in [0.717, 1.165) is 30.1 Å². The van der Waals surface area contributed by atoms with Crippen molar-refractivity contribution in [3.8, 4) is 5.75 Å². The number of benzene rings is 1. The predicted octanol–water partition coefficient (Wildman–Crippen LogP) is 2.40. The molecule has 0 fully saturated rings. The molecule has 104 valence electrons. The molecule has 1 N–H and O–H groups in total. The smallest absolute Gasteiger partial charge is 0.164 e. The van der Waals surface area contributed by atoms with E-state index in [1.807, 2.05) is 51.0 Å². The third kappa shape index (κ3) is 3.47. The minimum absolute atomic E-state index is 0.170. The quantitative estimate of drug-likeness (QED) is 0.846. The van der Waals surface area contributed by atoms with Gasteiger partial charge in [-0.2, -0.15) is 0 Å². The molecule has 0 atom stereocenters. The van der Waals surface area contributed by atoms with Gasteiger partial charge >= 0.3 is 0 Å². The number of hydrogen-bond acceptors (Lipinski definition) is 4. The SMILES string of the molecule is CN(C)CCC(=O)c1ccc2c(c1)NCC(C)(C)O2. The van der Waals surface area contributed by atoms with E-state index < -0.39 is 0 Å². The molecular formula is C15H22N2O2. The van der Waals surface area contributed by atoms with E-state index in [-0.39, 0.29) is 11.4 Å². The zero-order valence-corrected chi connectivity index (χ0v) is 12.1. The maximum Gasteiger partial charge on any atom is 0.164 e. The van der Waals surface area contributed by atoms with Crippen LogP contribution in [0.5, 0.6) is 5.75 Å². The Labute approximate surface area is 114 Å². The summed E-state index contributed by atoms with van der Waals surface area (Å²) in [6.07, 6.45) is 0.540. The van der Waals surface area contributed by atoms with Crippen LogP contribution in [-0.2, 0) is 0 Å². The molecule has 0 saturated carbocycles. The average Bonchev–Trinajstić information content (AvgIpc) is 2.34. The van der Waals surface area contributed by atoms with Crippen LogP contribution in [0.15, 0.2) is 18.2 Å². The molecule has 4 nitrogen and oxygen atoms in total. The van der Waals surface area contributed by atoms with Gasteiger partial charge in [-0.1, -0.05) is 0 Å². The van der Waals surface area contributed by atoms with Crippen molar-refractivity contribution in [1.29, 1.82) is 0 Å². The molecule has 1 aromatic rings. The highest BCUT2D eigenvalue weighted by atomic mass is 16.5. The first-order valence-electron chi connectivity index (χ1n) is 6.62. The molecule has 1 aromatic carbocycles. The number of ether oxygens (including phenoxy) is 1. The third-order valence-electron chi connectivity index (χ3n) is 3.18. The van der Waals surface area contributed by atoms with Gasteiger partial charge in [0.1, 0.15) is 11.4 Å². The van der Waals surface area contributed by atoms with Gasteiger partial charge in [-0.05, 0) is 46.1 Å². The molecule has 4 heteroatoms. The fourth-order valence-corrected chi connectivity index (χ4v) is 2.04. The minimum atomic E-state index is -0.205. The number of anilines is 1. The lowest BCUT2D eigenvalue weighted by Crippen LogP contribution is -2.40. The van der Waals surface area contributed by atoms with E-state index in [1.54, 1.807) is 0 Å². The molecule has 0 amide bonds. The normalized spacial score (nSPS) is 16.5. The minimum Gasteiger partial charge on any atom is -0.484 e. The number of hydrogen-bond donors (Lipinski definition) is 1. The highest BCUT2D eigenvalue weighted by molar-refractivity contribution is 5.97. The summed E-state index contributed by atoms with van der Waals surface area (Å²) in [5.41, 5.74) is 1.45. The topological polar surface area (TPSA) is 41.6 Å². The average molecular weight is 262 g/mol. The maximum absolute atomic E-state index is 12.1. The molecule has 0 saturated heterocycles. The van der Waals surface area contributed by atoms with Crippen molar-refractivity contribution in [1.82, 2.24) is 4.90 Å². The Morgan fingerprint density at radius 3 is 2.84 bits per heavy atom. The second kappa shape index (κ2) is 5.21. The van der Waals surface area contributed by atoms with Gasteiger partial charge in [0.25, 0.3) is 0 Å². The zero-order valence-electron chi connectivity index (χ0n) is 12.1. The second-order valence-electron chi connectivity index (χ2n) is 5.90. The number of carbonyl (C=O) groups is 1. The molecule has 2 rings (SSSR count). The Kier molecular flexibility index (Phi) is 3.80. The zero-order chi connectivity index (χ0) is 14.0. The summed E-state index contributed by atoms with van der Waals surface area (Å²) < 4.78 is 5.87. The molecule has 0 spiro atoms. The molecule has 0 aromatic heterocycles. The Morgan fingerprint density at radius 2 is 2.16 bits per heavy atom. The van der Waals surface area contributed by atoms with Crippen molar-refractivity contribution in [2.75, 3.05) is 32.5 Å². The number of Topliss-reactive ketones (excluding diaryl/α,β-unsaturated/α-hetero) is 1. The second-order valence-corrected chi connectivity index (χ2v) is 5.90. The monoisotopic (exact) mass is 262 g/mol. The number of nitrogens with zero attached hydrogens (tertiary/aromatic N) is 1. The summed E-state index contributed by atoms with van der Waals surface area (Å²) in [5, 5.41) is 3.33. The summed E-state index contributed by atoms with van der Waals surface area (Å²) in [6, 6.07) is 5.62. The molecular weight excluding hydrogens is 240 g/mol. The van der Waals surface area contributed by atoms with Crippen LogP contribution in [0, 0.1) is 0 Å². The summed E-state index contributed by atoms with van der Waals surface area (Å²) in [4.78, 5) is 14.1. The molecule has 0 bridgehead atoms. The van der Waals surface area contributed by atoms with E-state index in [9.17, 15) is 4.79 Å². The van der Waals surface area contributed by atoms with Gasteiger partial charge in [0.15, 0.2) is 5.78 Å². The van der Waals surface area contributed by atoms with Crippen LogP contribution < -0.4 is 10.1 Å². The Hall–Kier alpha value is -1.55.